The van der Waals surface area contributed by atoms with E-state index in [1.807, 2.05) is 6.07 Å². The van der Waals surface area contributed by atoms with Gasteiger partial charge in [-0.3, -0.25) is 0 Å². The summed E-state index contributed by atoms with van der Waals surface area (Å²) in [6.45, 7) is 4.41. The molecule has 11 heavy (non-hydrogen) atoms. The normalized spacial score (nSPS) is 13.0. The molecule has 1 aromatic rings. The molecule has 1 atom stereocenters. The Hall–Kier alpha value is -0.300. The van der Waals surface area contributed by atoms with Gasteiger partial charge in [-0.1, -0.05) is 41.9 Å². The molecule has 0 aromatic heterocycles. The molecule has 0 fully saturated rings. The summed E-state index contributed by atoms with van der Waals surface area (Å²) in [7, 11) is 0. The fourth-order valence-electron chi connectivity index (χ4n) is 0.965. The summed E-state index contributed by atoms with van der Waals surface area (Å²) in [5.74, 6) is 0.618. The summed E-state index contributed by atoms with van der Waals surface area (Å²) in [6, 6.07) is 9.46. The summed E-state index contributed by atoms with van der Waals surface area (Å²) < 4.78 is 1.05. The Labute approximate surface area is 76.8 Å². The molecule has 1 heteroatoms. The van der Waals surface area contributed by atoms with Crippen LogP contribution in [0.3, 0.4) is 0 Å². The second-order valence-electron chi connectivity index (χ2n) is 2.76. The topological polar surface area (TPSA) is 0 Å². The van der Waals surface area contributed by atoms with Crippen LogP contribution in [0.25, 0.3) is 0 Å². The maximum atomic E-state index is 3.40. The number of rotatable bonds is 2. The third-order valence-electron chi connectivity index (χ3n) is 1.93. The summed E-state index contributed by atoms with van der Waals surface area (Å²) >= 11 is 3.40. The van der Waals surface area contributed by atoms with Crippen LogP contribution in [0, 0.1) is 6.07 Å². The highest BCUT2D eigenvalue weighted by atomic mass is 79.9. The lowest BCUT2D eigenvalue weighted by atomic mass is 9.99. The predicted molar refractivity (Wildman–Crippen MR) is 51.7 cm³/mol. The molecule has 0 nitrogen and oxygen atoms in total. The fraction of sp³-hybridized carbons (Fsp3) is 0.400. The lowest BCUT2D eigenvalue weighted by Crippen LogP contribution is -1.90. The van der Waals surface area contributed by atoms with Crippen molar-refractivity contribution in [1.29, 1.82) is 0 Å². The van der Waals surface area contributed by atoms with Crippen LogP contribution in [0.2, 0.25) is 0 Å². The van der Waals surface area contributed by atoms with E-state index in [1.54, 1.807) is 0 Å². The van der Waals surface area contributed by atoms with E-state index in [2.05, 4.69) is 48.0 Å². The zero-order valence-electron chi connectivity index (χ0n) is 6.89. The van der Waals surface area contributed by atoms with Crippen molar-refractivity contribution in [3.05, 3.63) is 34.3 Å². The van der Waals surface area contributed by atoms with Crippen LogP contribution in [0.5, 0.6) is 0 Å². The SMILES string of the molecule is CCC(C)c1[c]c(Br)ccc1. The Morgan fingerprint density at radius 2 is 2.27 bits per heavy atom. The average Bonchev–Trinajstić information content (AvgIpc) is 2.03. The summed E-state index contributed by atoms with van der Waals surface area (Å²) in [5.41, 5.74) is 1.29. The molecule has 0 N–H and O–H groups in total. The standard InChI is InChI=1S/C10H12Br/c1-3-8(2)9-5-4-6-10(11)7-9/h4-6,8H,3H2,1-2H3. The molecule has 0 saturated carbocycles. The summed E-state index contributed by atoms with van der Waals surface area (Å²) in [5, 5.41) is 0. The molecule has 1 rings (SSSR count). The zero-order valence-corrected chi connectivity index (χ0v) is 8.48. The highest BCUT2D eigenvalue weighted by Crippen LogP contribution is 2.20. The van der Waals surface area contributed by atoms with Gasteiger partial charge in [-0.05, 0) is 24.0 Å². The van der Waals surface area contributed by atoms with Crippen LogP contribution in [-0.2, 0) is 0 Å². The predicted octanol–water partition coefficient (Wildman–Crippen LogP) is 3.76. The third-order valence-corrected chi connectivity index (χ3v) is 2.39. The van der Waals surface area contributed by atoms with Crippen molar-refractivity contribution < 1.29 is 0 Å². The molecule has 0 aliphatic heterocycles. The second kappa shape index (κ2) is 3.91. The first-order valence-electron chi connectivity index (χ1n) is 3.91. The van der Waals surface area contributed by atoms with Crippen LogP contribution in [0.1, 0.15) is 31.7 Å². The Bertz CT molecular complexity index is 230. The van der Waals surface area contributed by atoms with Gasteiger partial charge in [-0.15, -0.1) is 0 Å². The highest BCUT2D eigenvalue weighted by molar-refractivity contribution is 9.10. The minimum Gasteiger partial charge on any atom is -0.0648 e. The number of halogens is 1. The fourth-order valence-corrected chi connectivity index (χ4v) is 1.35. The first-order valence-corrected chi connectivity index (χ1v) is 4.71. The smallest absolute Gasteiger partial charge is 0.0257 e. The van der Waals surface area contributed by atoms with Gasteiger partial charge in [-0.2, -0.15) is 0 Å². The van der Waals surface area contributed by atoms with Crippen molar-refractivity contribution in [3.63, 3.8) is 0 Å². The first kappa shape index (κ1) is 8.79. The van der Waals surface area contributed by atoms with Crippen molar-refractivity contribution in [2.24, 2.45) is 0 Å². The van der Waals surface area contributed by atoms with E-state index < -0.39 is 0 Å². The van der Waals surface area contributed by atoms with Gasteiger partial charge in [0.2, 0.25) is 0 Å². The van der Waals surface area contributed by atoms with Gasteiger partial charge >= 0.3 is 0 Å². The van der Waals surface area contributed by atoms with Crippen LogP contribution >= 0.6 is 15.9 Å². The van der Waals surface area contributed by atoms with Gasteiger partial charge < -0.3 is 0 Å². The van der Waals surface area contributed by atoms with E-state index in [9.17, 15) is 0 Å². The van der Waals surface area contributed by atoms with E-state index in [-0.39, 0.29) is 0 Å². The van der Waals surface area contributed by atoms with Gasteiger partial charge in [0, 0.05) is 10.5 Å². The molecule has 0 bridgehead atoms. The molecule has 1 radical (unpaired) electrons. The molecular formula is C10H12Br. The Morgan fingerprint density at radius 3 is 2.82 bits per heavy atom. The molecule has 1 unspecified atom stereocenters. The van der Waals surface area contributed by atoms with Gasteiger partial charge in [-0.25, -0.2) is 0 Å². The average molecular weight is 212 g/mol. The minimum absolute atomic E-state index is 0.618. The Morgan fingerprint density at radius 1 is 1.55 bits per heavy atom. The van der Waals surface area contributed by atoms with Crippen molar-refractivity contribution in [3.8, 4) is 0 Å². The lowest BCUT2D eigenvalue weighted by molar-refractivity contribution is 0.732. The van der Waals surface area contributed by atoms with Crippen LogP contribution in [-0.4, -0.2) is 0 Å². The maximum Gasteiger partial charge on any atom is 0.0257 e. The van der Waals surface area contributed by atoms with E-state index in [0.29, 0.717) is 5.92 Å². The van der Waals surface area contributed by atoms with E-state index in [0.717, 1.165) is 4.47 Å². The van der Waals surface area contributed by atoms with E-state index >= 15 is 0 Å². The van der Waals surface area contributed by atoms with Gasteiger partial charge in [0.1, 0.15) is 0 Å². The van der Waals surface area contributed by atoms with E-state index in [4.69, 9.17) is 0 Å². The molecule has 0 heterocycles. The third kappa shape index (κ3) is 2.33. The lowest BCUT2D eigenvalue weighted by Gasteiger charge is -2.07. The van der Waals surface area contributed by atoms with E-state index in [1.165, 1.54) is 12.0 Å². The number of hydrogen-bond donors (Lipinski definition) is 0. The zero-order chi connectivity index (χ0) is 8.27. The minimum atomic E-state index is 0.618. The van der Waals surface area contributed by atoms with Crippen LogP contribution in [0.4, 0.5) is 0 Å². The Kier molecular flexibility index (Phi) is 3.13. The van der Waals surface area contributed by atoms with Crippen molar-refractivity contribution in [1.82, 2.24) is 0 Å². The summed E-state index contributed by atoms with van der Waals surface area (Å²) in [4.78, 5) is 0. The quantitative estimate of drug-likeness (QED) is 0.700. The maximum absolute atomic E-state index is 3.40. The van der Waals surface area contributed by atoms with Crippen molar-refractivity contribution >= 4 is 15.9 Å². The van der Waals surface area contributed by atoms with Gasteiger partial charge in [0.15, 0.2) is 0 Å². The van der Waals surface area contributed by atoms with Gasteiger partial charge in [0.25, 0.3) is 0 Å². The van der Waals surface area contributed by atoms with Crippen LogP contribution < -0.4 is 0 Å². The largest absolute Gasteiger partial charge is 0.0648 e. The van der Waals surface area contributed by atoms with Gasteiger partial charge in [0.05, 0.1) is 0 Å². The van der Waals surface area contributed by atoms with Crippen molar-refractivity contribution in [2.45, 2.75) is 26.2 Å². The molecule has 0 amide bonds. The molecule has 0 spiro atoms. The summed E-state index contributed by atoms with van der Waals surface area (Å²) in [6.07, 6.45) is 1.17. The molecule has 0 aliphatic carbocycles. The van der Waals surface area contributed by atoms with Crippen LogP contribution in [0.15, 0.2) is 22.7 Å². The highest BCUT2D eigenvalue weighted by Gasteiger charge is 2.01. The number of hydrogen-bond acceptors (Lipinski definition) is 0. The first-order chi connectivity index (χ1) is 5.24. The number of benzene rings is 1. The monoisotopic (exact) mass is 211 g/mol. The molecule has 0 saturated heterocycles. The second-order valence-corrected chi connectivity index (χ2v) is 3.62. The molecule has 1 aromatic carbocycles. The molecule has 0 aliphatic rings. The van der Waals surface area contributed by atoms with Crippen molar-refractivity contribution in [2.75, 3.05) is 0 Å². The molecule has 59 valence electrons. The Balaban J connectivity index is 2.86. The molecular weight excluding hydrogens is 200 g/mol.